The highest BCUT2D eigenvalue weighted by Crippen LogP contribution is 2.28. The van der Waals surface area contributed by atoms with Crippen molar-refractivity contribution >= 4 is 26.7 Å². The Morgan fingerprint density at radius 1 is 0.923 bits per heavy atom. The van der Waals surface area contributed by atoms with E-state index in [-0.39, 0.29) is 4.90 Å². The Bertz CT molecular complexity index is 1160. The lowest BCUT2D eigenvalue weighted by atomic mass is 10.0. The van der Waals surface area contributed by atoms with Gasteiger partial charge in [-0.05, 0) is 54.4 Å². The minimum atomic E-state index is -3.60. The van der Waals surface area contributed by atoms with E-state index in [2.05, 4.69) is 14.7 Å². The summed E-state index contributed by atoms with van der Waals surface area (Å²) in [7, 11) is -3.60. The van der Waals surface area contributed by atoms with Gasteiger partial charge in [-0.2, -0.15) is 0 Å². The van der Waals surface area contributed by atoms with Crippen LogP contribution in [0.3, 0.4) is 0 Å². The molecule has 5 nitrogen and oxygen atoms in total. The molecule has 0 saturated heterocycles. The second-order valence-electron chi connectivity index (χ2n) is 6.09. The molecule has 0 spiro atoms. The summed E-state index contributed by atoms with van der Waals surface area (Å²) >= 11 is 0. The summed E-state index contributed by atoms with van der Waals surface area (Å²) in [5, 5.41) is 1.03. The molecule has 0 fully saturated rings. The molecule has 2 N–H and O–H groups in total. The molecular formula is C20H17N3O2S. The molecule has 2 heterocycles. The van der Waals surface area contributed by atoms with Crippen LogP contribution in [0.1, 0.15) is 5.56 Å². The topological polar surface area (TPSA) is 74.8 Å². The van der Waals surface area contributed by atoms with Gasteiger partial charge in [0.15, 0.2) is 0 Å². The summed E-state index contributed by atoms with van der Waals surface area (Å²) in [5.41, 5.74) is 4.40. The standard InChI is InChI=1S/C20H17N3O2S/c1-14-2-8-17(9-3-14)26(24,25)23-16-6-4-15(5-7-16)18-10-12-21-20-19(18)11-13-22-20/h2-13,23H,1H3,(H,21,22). The zero-order valence-corrected chi connectivity index (χ0v) is 14.9. The van der Waals surface area contributed by atoms with Crippen molar-refractivity contribution in [3.8, 4) is 11.1 Å². The van der Waals surface area contributed by atoms with Crippen molar-refractivity contribution in [2.45, 2.75) is 11.8 Å². The van der Waals surface area contributed by atoms with Gasteiger partial charge in [0.05, 0.1) is 4.90 Å². The van der Waals surface area contributed by atoms with Gasteiger partial charge in [0.1, 0.15) is 5.65 Å². The molecular weight excluding hydrogens is 346 g/mol. The first-order valence-electron chi connectivity index (χ1n) is 8.15. The average Bonchev–Trinajstić information content (AvgIpc) is 3.11. The summed E-state index contributed by atoms with van der Waals surface area (Å²) in [4.78, 5) is 7.62. The molecule has 4 rings (SSSR count). The number of nitrogens with one attached hydrogen (secondary N) is 2. The fourth-order valence-corrected chi connectivity index (χ4v) is 3.92. The number of aromatic nitrogens is 2. The quantitative estimate of drug-likeness (QED) is 0.566. The van der Waals surface area contributed by atoms with Crippen molar-refractivity contribution in [1.29, 1.82) is 0 Å². The number of rotatable bonds is 4. The van der Waals surface area contributed by atoms with Crippen LogP contribution in [0.15, 0.2) is 78.0 Å². The highest BCUT2D eigenvalue weighted by atomic mass is 32.2. The lowest BCUT2D eigenvalue weighted by Crippen LogP contribution is -2.12. The van der Waals surface area contributed by atoms with Crippen LogP contribution in [0.5, 0.6) is 0 Å². The summed E-state index contributed by atoms with van der Waals surface area (Å²) in [6.45, 7) is 1.92. The first kappa shape index (κ1) is 16.4. The van der Waals surface area contributed by atoms with E-state index < -0.39 is 10.0 Å². The fraction of sp³-hybridized carbons (Fsp3) is 0.0500. The first-order valence-corrected chi connectivity index (χ1v) is 9.63. The van der Waals surface area contributed by atoms with Crippen molar-refractivity contribution < 1.29 is 8.42 Å². The summed E-state index contributed by atoms with van der Waals surface area (Å²) < 4.78 is 27.6. The zero-order chi connectivity index (χ0) is 18.1. The maximum Gasteiger partial charge on any atom is 0.261 e. The molecule has 26 heavy (non-hydrogen) atoms. The number of anilines is 1. The number of fused-ring (bicyclic) bond motifs is 1. The number of H-pyrrole nitrogens is 1. The van der Waals surface area contributed by atoms with Crippen LogP contribution >= 0.6 is 0 Å². The molecule has 0 saturated carbocycles. The maximum absolute atomic E-state index is 12.5. The number of nitrogens with zero attached hydrogens (tertiary/aromatic N) is 1. The lowest BCUT2D eigenvalue weighted by molar-refractivity contribution is 0.601. The summed E-state index contributed by atoms with van der Waals surface area (Å²) in [5.74, 6) is 0. The highest BCUT2D eigenvalue weighted by Gasteiger charge is 2.14. The first-order chi connectivity index (χ1) is 12.5. The van der Waals surface area contributed by atoms with E-state index in [4.69, 9.17) is 0 Å². The van der Waals surface area contributed by atoms with Crippen LogP contribution in [-0.4, -0.2) is 18.4 Å². The van der Waals surface area contributed by atoms with Gasteiger partial charge in [-0.15, -0.1) is 0 Å². The number of benzene rings is 2. The Labute approximate surface area is 151 Å². The monoisotopic (exact) mass is 363 g/mol. The molecule has 2 aromatic carbocycles. The van der Waals surface area contributed by atoms with Crippen LogP contribution in [0, 0.1) is 6.92 Å². The van der Waals surface area contributed by atoms with E-state index in [0.717, 1.165) is 27.7 Å². The molecule has 0 radical (unpaired) electrons. The maximum atomic E-state index is 12.5. The van der Waals surface area contributed by atoms with Crippen LogP contribution in [0.2, 0.25) is 0 Å². The Kier molecular flexibility index (Phi) is 3.97. The minimum absolute atomic E-state index is 0.246. The molecule has 0 unspecified atom stereocenters. The molecule has 6 heteroatoms. The van der Waals surface area contributed by atoms with Crippen LogP contribution in [0.4, 0.5) is 5.69 Å². The van der Waals surface area contributed by atoms with E-state index in [0.29, 0.717) is 5.69 Å². The van der Waals surface area contributed by atoms with Crippen LogP contribution in [-0.2, 0) is 10.0 Å². The van der Waals surface area contributed by atoms with Crippen LogP contribution in [0.25, 0.3) is 22.2 Å². The van der Waals surface area contributed by atoms with E-state index in [1.807, 2.05) is 37.4 Å². The Morgan fingerprint density at radius 2 is 1.65 bits per heavy atom. The van der Waals surface area contributed by atoms with Gasteiger partial charge in [0, 0.05) is 23.5 Å². The lowest BCUT2D eigenvalue weighted by Gasteiger charge is -2.10. The average molecular weight is 363 g/mol. The van der Waals surface area contributed by atoms with Crippen molar-refractivity contribution in [3.05, 3.63) is 78.6 Å². The summed E-state index contributed by atoms with van der Waals surface area (Å²) in [6.07, 6.45) is 3.60. The predicted molar refractivity (Wildman–Crippen MR) is 104 cm³/mol. The number of hydrogen-bond acceptors (Lipinski definition) is 3. The Morgan fingerprint density at radius 3 is 2.38 bits per heavy atom. The van der Waals surface area contributed by atoms with Gasteiger partial charge in [-0.25, -0.2) is 13.4 Å². The van der Waals surface area contributed by atoms with E-state index in [1.54, 1.807) is 42.6 Å². The van der Waals surface area contributed by atoms with E-state index in [9.17, 15) is 8.42 Å². The molecule has 0 aliphatic carbocycles. The molecule has 4 aromatic rings. The van der Waals surface area contributed by atoms with Crippen molar-refractivity contribution in [3.63, 3.8) is 0 Å². The Balaban J connectivity index is 1.62. The van der Waals surface area contributed by atoms with Crippen molar-refractivity contribution in [1.82, 2.24) is 9.97 Å². The number of hydrogen-bond donors (Lipinski definition) is 2. The smallest absolute Gasteiger partial charge is 0.261 e. The summed E-state index contributed by atoms with van der Waals surface area (Å²) in [6, 6.07) is 18.0. The molecule has 2 aromatic heterocycles. The number of aryl methyl sites for hydroxylation is 1. The molecule has 0 aliphatic rings. The second-order valence-corrected chi connectivity index (χ2v) is 7.78. The normalized spacial score (nSPS) is 11.6. The van der Waals surface area contributed by atoms with Gasteiger partial charge < -0.3 is 4.98 Å². The van der Waals surface area contributed by atoms with Gasteiger partial charge in [0.25, 0.3) is 10.0 Å². The third kappa shape index (κ3) is 3.07. The molecule has 0 aliphatic heterocycles. The molecule has 0 atom stereocenters. The largest absolute Gasteiger partial charge is 0.346 e. The van der Waals surface area contributed by atoms with E-state index >= 15 is 0 Å². The van der Waals surface area contributed by atoms with Gasteiger partial charge in [-0.3, -0.25) is 4.72 Å². The number of sulfonamides is 1. The van der Waals surface area contributed by atoms with Gasteiger partial charge in [0.2, 0.25) is 0 Å². The highest BCUT2D eigenvalue weighted by molar-refractivity contribution is 7.92. The number of aromatic amines is 1. The fourth-order valence-electron chi connectivity index (χ4n) is 2.86. The second kappa shape index (κ2) is 6.31. The van der Waals surface area contributed by atoms with Crippen molar-refractivity contribution in [2.75, 3.05) is 4.72 Å². The Hall–Kier alpha value is -3.12. The van der Waals surface area contributed by atoms with E-state index in [1.165, 1.54) is 0 Å². The van der Waals surface area contributed by atoms with Crippen molar-refractivity contribution in [2.24, 2.45) is 0 Å². The molecule has 130 valence electrons. The van der Waals surface area contributed by atoms with Crippen LogP contribution < -0.4 is 4.72 Å². The van der Waals surface area contributed by atoms with Gasteiger partial charge >= 0.3 is 0 Å². The van der Waals surface area contributed by atoms with Gasteiger partial charge in [-0.1, -0.05) is 29.8 Å². The number of pyridine rings is 1. The SMILES string of the molecule is Cc1ccc(S(=O)(=O)Nc2ccc(-c3ccnc4[nH]ccc34)cc2)cc1. The minimum Gasteiger partial charge on any atom is -0.346 e. The predicted octanol–water partition coefficient (Wildman–Crippen LogP) is 4.34. The molecule has 0 amide bonds. The zero-order valence-electron chi connectivity index (χ0n) is 14.1. The third-order valence-electron chi connectivity index (χ3n) is 4.24. The third-order valence-corrected chi connectivity index (χ3v) is 5.64. The molecule has 0 bridgehead atoms.